The molecule has 19 heavy (non-hydrogen) atoms. The summed E-state index contributed by atoms with van der Waals surface area (Å²) in [5.41, 5.74) is -0.784. The minimum Gasteiger partial charge on any atom is -0.480 e. The molecule has 2 unspecified atom stereocenters. The van der Waals surface area contributed by atoms with Crippen LogP contribution in [0.1, 0.15) is 53.4 Å². The molecule has 0 aliphatic heterocycles. The molecule has 0 fully saturated rings. The average molecular weight is 272 g/mol. The Bertz CT molecular complexity index is 259. The van der Waals surface area contributed by atoms with E-state index in [1.54, 1.807) is 14.0 Å². The Morgan fingerprint density at radius 3 is 2.42 bits per heavy atom. The number of nitrogens with one attached hydrogen (secondary N) is 1. The SMILES string of the molecule is CCC(C)CN(CC)CCCCC(C)(NC)C(=O)O. The Morgan fingerprint density at radius 1 is 1.37 bits per heavy atom. The summed E-state index contributed by atoms with van der Waals surface area (Å²) in [6.07, 6.45) is 3.91. The molecule has 0 aromatic rings. The van der Waals surface area contributed by atoms with Crippen molar-refractivity contribution in [2.75, 3.05) is 26.7 Å². The van der Waals surface area contributed by atoms with Crippen molar-refractivity contribution in [1.29, 1.82) is 0 Å². The number of hydrogen-bond donors (Lipinski definition) is 2. The smallest absolute Gasteiger partial charge is 0.323 e. The van der Waals surface area contributed by atoms with Gasteiger partial charge in [0, 0.05) is 6.54 Å². The lowest BCUT2D eigenvalue weighted by Gasteiger charge is -2.26. The van der Waals surface area contributed by atoms with Gasteiger partial charge in [-0.3, -0.25) is 4.79 Å². The van der Waals surface area contributed by atoms with Gasteiger partial charge in [-0.05, 0) is 52.2 Å². The van der Waals surface area contributed by atoms with Crippen molar-refractivity contribution in [3.05, 3.63) is 0 Å². The van der Waals surface area contributed by atoms with Crippen molar-refractivity contribution in [2.24, 2.45) is 5.92 Å². The zero-order chi connectivity index (χ0) is 14.9. The van der Waals surface area contributed by atoms with Gasteiger partial charge in [0.05, 0.1) is 0 Å². The Labute approximate surface area is 118 Å². The molecule has 0 radical (unpaired) electrons. The number of aliphatic carboxylic acids is 1. The van der Waals surface area contributed by atoms with Gasteiger partial charge >= 0.3 is 5.97 Å². The third-order valence-corrected chi connectivity index (χ3v) is 4.14. The van der Waals surface area contributed by atoms with Crippen LogP contribution in [0.3, 0.4) is 0 Å². The molecule has 114 valence electrons. The number of nitrogens with zero attached hydrogens (tertiary/aromatic N) is 1. The summed E-state index contributed by atoms with van der Waals surface area (Å²) in [6.45, 7) is 11.8. The number of unbranched alkanes of at least 4 members (excludes halogenated alkanes) is 1. The standard InChI is InChI=1S/C15H32N2O2/c1-6-13(3)12-17(7-2)11-9-8-10-15(4,16-5)14(18)19/h13,16H,6-12H2,1-5H3,(H,18,19). The van der Waals surface area contributed by atoms with Crippen molar-refractivity contribution in [1.82, 2.24) is 10.2 Å². The molecule has 0 aliphatic rings. The van der Waals surface area contributed by atoms with E-state index in [9.17, 15) is 4.79 Å². The second-order valence-corrected chi connectivity index (χ2v) is 5.75. The first-order valence-electron chi connectivity index (χ1n) is 7.54. The largest absolute Gasteiger partial charge is 0.480 e. The normalized spacial score (nSPS) is 16.3. The van der Waals surface area contributed by atoms with E-state index < -0.39 is 11.5 Å². The monoisotopic (exact) mass is 272 g/mol. The highest BCUT2D eigenvalue weighted by Gasteiger charge is 2.30. The van der Waals surface area contributed by atoms with E-state index in [1.165, 1.54) is 6.42 Å². The van der Waals surface area contributed by atoms with E-state index in [-0.39, 0.29) is 0 Å². The van der Waals surface area contributed by atoms with E-state index in [4.69, 9.17) is 5.11 Å². The number of carboxylic acid groups (broad SMARTS) is 1. The minimum absolute atomic E-state index is 0.680. The van der Waals surface area contributed by atoms with Gasteiger partial charge in [0.25, 0.3) is 0 Å². The average Bonchev–Trinajstić information content (AvgIpc) is 2.41. The van der Waals surface area contributed by atoms with Gasteiger partial charge in [-0.2, -0.15) is 0 Å². The first kappa shape index (κ1) is 18.4. The third-order valence-electron chi connectivity index (χ3n) is 4.14. The Morgan fingerprint density at radius 2 is 2.00 bits per heavy atom. The molecule has 0 saturated heterocycles. The van der Waals surface area contributed by atoms with Crippen LogP contribution in [0.15, 0.2) is 0 Å². The number of rotatable bonds is 11. The Hall–Kier alpha value is -0.610. The molecule has 4 nitrogen and oxygen atoms in total. The molecule has 2 atom stereocenters. The predicted octanol–water partition coefficient (Wildman–Crippen LogP) is 2.59. The fourth-order valence-corrected chi connectivity index (χ4v) is 2.10. The summed E-state index contributed by atoms with van der Waals surface area (Å²) in [6, 6.07) is 0. The van der Waals surface area contributed by atoms with E-state index in [0.717, 1.165) is 38.4 Å². The molecule has 0 bridgehead atoms. The third kappa shape index (κ3) is 6.92. The summed E-state index contributed by atoms with van der Waals surface area (Å²) < 4.78 is 0. The second-order valence-electron chi connectivity index (χ2n) is 5.75. The van der Waals surface area contributed by atoms with Crippen molar-refractivity contribution >= 4 is 5.97 Å². The van der Waals surface area contributed by atoms with E-state index in [0.29, 0.717) is 6.42 Å². The molecule has 0 amide bonds. The van der Waals surface area contributed by atoms with Crippen LogP contribution in [0.25, 0.3) is 0 Å². The van der Waals surface area contributed by atoms with Gasteiger partial charge in [0.1, 0.15) is 5.54 Å². The van der Waals surface area contributed by atoms with Crippen LogP contribution in [0.5, 0.6) is 0 Å². The lowest BCUT2D eigenvalue weighted by atomic mass is 9.95. The van der Waals surface area contributed by atoms with Crippen molar-refractivity contribution in [3.8, 4) is 0 Å². The quantitative estimate of drug-likeness (QED) is 0.568. The molecular formula is C15H32N2O2. The highest BCUT2D eigenvalue weighted by molar-refractivity contribution is 5.78. The number of carbonyl (C=O) groups is 1. The molecule has 0 spiro atoms. The van der Waals surface area contributed by atoms with Crippen LogP contribution in [0, 0.1) is 5.92 Å². The Balaban J connectivity index is 3.97. The lowest BCUT2D eigenvalue weighted by Crippen LogP contribution is -2.47. The minimum atomic E-state index is -0.784. The molecule has 0 aromatic heterocycles. The van der Waals surface area contributed by atoms with Gasteiger partial charge in [-0.25, -0.2) is 0 Å². The van der Waals surface area contributed by atoms with Gasteiger partial charge in [-0.15, -0.1) is 0 Å². The summed E-state index contributed by atoms with van der Waals surface area (Å²) in [4.78, 5) is 13.6. The molecule has 0 aromatic carbocycles. The molecule has 0 aliphatic carbocycles. The first-order valence-corrected chi connectivity index (χ1v) is 7.54. The predicted molar refractivity (Wildman–Crippen MR) is 80.5 cm³/mol. The molecule has 2 N–H and O–H groups in total. The Kier molecular flexibility index (Phi) is 9.02. The fraction of sp³-hybridized carbons (Fsp3) is 0.933. The number of likely N-dealkylation sites (N-methyl/N-ethyl adjacent to an activating group) is 1. The topological polar surface area (TPSA) is 52.6 Å². The van der Waals surface area contributed by atoms with Gasteiger partial charge in [0.2, 0.25) is 0 Å². The van der Waals surface area contributed by atoms with E-state index in [1.807, 2.05) is 0 Å². The van der Waals surface area contributed by atoms with Crippen molar-refractivity contribution in [2.45, 2.75) is 58.9 Å². The van der Waals surface area contributed by atoms with Crippen molar-refractivity contribution < 1.29 is 9.90 Å². The van der Waals surface area contributed by atoms with Crippen LogP contribution in [-0.2, 0) is 4.79 Å². The summed E-state index contributed by atoms with van der Waals surface area (Å²) in [7, 11) is 1.72. The second kappa shape index (κ2) is 9.32. The summed E-state index contributed by atoms with van der Waals surface area (Å²) >= 11 is 0. The maximum atomic E-state index is 11.1. The van der Waals surface area contributed by atoms with E-state index in [2.05, 4.69) is 31.0 Å². The van der Waals surface area contributed by atoms with Gasteiger partial charge in [-0.1, -0.05) is 27.2 Å². The zero-order valence-electron chi connectivity index (χ0n) is 13.3. The highest BCUT2D eigenvalue weighted by atomic mass is 16.4. The molecule has 0 rings (SSSR count). The van der Waals surface area contributed by atoms with Crippen LogP contribution < -0.4 is 5.32 Å². The maximum Gasteiger partial charge on any atom is 0.323 e. The van der Waals surface area contributed by atoms with E-state index >= 15 is 0 Å². The zero-order valence-corrected chi connectivity index (χ0v) is 13.3. The highest BCUT2D eigenvalue weighted by Crippen LogP contribution is 2.14. The summed E-state index contributed by atoms with van der Waals surface area (Å²) in [5, 5.41) is 12.1. The summed E-state index contributed by atoms with van der Waals surface area (Å²) in [5.74, 6) is -0.0245. The molecular weight excluding hydrogens is 240 g/mol. The molecule has 0 saturated carbocycles. The first-order chi connectivity index (χ1) is 8.89. The van der Waals surface area contributed by atoms with Crippen LogP contribution in [0.2, 0.25) is 0 Å². The number of carboxylic acids is 1. The number of hydrogen-bond acceptors (Lipinski definition) is 3. The lowest BCUT2D eigenvalue weighted by molar-refractivity contribution is -0.144. The molecule has 0 heterocycles. The van der Waals surface area contributed by atoms with Crippen molar-refractivity contribution in [3.63, 3.8) is 0 Å². The van der Waals surface area contributed by atoms with Gasteiger partial charge in [0.15, 0.2) is 0 Å². The fourth-order valence-electron chi connectivity index (χ4n) is 2.10. The molecule has 4 heteroatoms. The van der Waals surface area contributed by atoms with Crippen LogP contribution in [0.4, 0.5) is 0 Å². The van der Waals surface area contributed by atoms with Crippen LogP contribution >= 0.6 is 0 Å². The van der Waals surface area contributed by atoms with Crippen LogP contribution in [-0.4, -0.2) is 48.2 Å². The van der Waals surface area contributed by atoms with Gasteiger partial charge < -0.3 is 15.3 Å². The maximum absolute atomic E-state index is 11.1.